The van der Waals surface area contributed by atoms with Crippen molar-refractivity contribution in [3.8, 4) is 17.6 Å². The van der Waals surface area contributed by atoms with Gasteiger partial charge < -0.3 is 9.84 Å². The highest BCUT2D eigenvalue weighted by atomic mass is 35.5. The quantitative estimate of drug-likeness (QED) is 0.866. The van der Waals surface area contributed by atoms with E-state index in [-0.39, 0.29) is 6.61 Å². The van der Waals surface area contributed by atoms with E-state index in [9.17, 15) is 0 Å². The Morgan fingerprint density at radius 2 is 2.00 bits per heavy atom. The summed E-state index contributed by atoms with van der Waals surface area (Å²) in [5.74, 6) is 6.74. The van der Waals surface area contributed by atoms with Crippen LogP contribution in [0.5, 0.6) is 5.75 Å². The second-order valence-corrected chi connectivity index (χ2v) is 5.04. The molecule has 0 bridgehead atoms. The van der Waals surface area contributed by atoms with Crippen molar-refractivity contribution in [2.75, 3.05) is 6.61 Å². The number of aliphatic hydroxyl groups excluding tert-OH is 1. The first kappa shape index (κ1) is 15.4. The maximum absolute atomic E-state index is 8.71. The molecule has 0 fully saturated rings. The summed E-state index contributed by atoms with van der Waals surface area (Å²) in [5.41, 5.74) is 2.91. The molecule has 0 aliphatic carbocycles. The van der Waals surface area contributed by atoms with Crippen LogP contribution in [0.2, 0.25) is 5.02 Å². The van der Waals surface area contributed by atoms with Crippen molar-refractivity contribution in [3.05, 3.63) is 64.2 Å². The van der Waals surface area contributed by atoms with Crippen LogP contribution in [0.3, 0.4) is 0 Å². The lowest BCUT2D eigenvalue weighted by Crippen LogP contribution is -1.98. The maximum atomic E-state index is 8.71. The molecule has 3 heteroatoms. The van der Waals surface area contributed by atoms with Gasteiger partial charge in [-0.2, -0.15) is 0 Å². The molecule has 1 N–H and O–H groups in total. The number of halogens is 1. The van der Waals surface area contributed by atoms with Crippen LogP contribution in [-0.4, -0.2) is 11.7 Å². The molecule has 0 aliphatic heterocycles. The highest BCUT2D eigenvalue weighted by Crippen LogP contribution is 2.22. The van der Waals surface area contributed by atoms with Crippen LogP contribution in [-0.2, 0) is 6.61 Å². The van der Waals surface area contributed by atoms with Crippen LogP contribution in [0.15, 0.2) is 42.5 Å². The zero-order valence-electron chi connectivity index (χ0n) is 11.9. The molecule has 0 aromatic heterocycles. The first-order valence-corrected chi connectivity index (χ1v) is 7.15. The van der Waals surface area contributed by atoms with Crippen molar-refractivity contribution >= 4 is 11.6 Å². The van der Waals surface area contributed by atoms with E-state index in [1.165, 1.54) is 0 Å². The average molecular weight is 301 g/mol. The molecule has 0 heterocycles. The maximum Gasteiger partial charge on any atom is 0.122 e. The molecule has 0 atom stereocenters. The van der Waals surface area contributed by atoms with Gasteiger partial charge in [-0.05, 0) is 36.8 Å². The fourth-order valence-electron chi connectivity index (χ4n) is 1.88. The minimum absolute atomic E-state index is 0.0883. The molecule has 0 aliphatic rings. The van der Waals surface area contributed by atoms with Gasteiger partial charge >= 0.3 is 0 Å². The summed E-state index contributed by atoms with van der Waals surface area (Å²) >= 11 is 6.11. The number of hydrogen-bond donors (Lipinski definition) is 1. The number of rotatable bonds is 4. The highest BCUT2D eigenvalue weighted by Gasteiger charge is 2.03. The van der Waals surface area contributed by atoms with Gasteiger partial charge in [0, 0.05) is 22.6 Å². The van der Waals surface area contributed by atoms with Crippen molar-refractivity contribution in [3.63, 3.8) is 0 Å². The van der Waals surface area contributed by atoms with E-state index in [1.54, 1.807) is 0 Å². The van der Waals surface area contributed by atoms with Gasteiger partial charge in [0.25, 0.3) is 0 Å². The van der Waals surface area contributed by atoms with E-state index in [0.717, 1.165) is 22.4 Å². The number of aryl methyl sites for hydroxylation is 1. The number of aliphatic hydroxyl groups is 1. The van der Waals surface area contributed by atoms with Gasteiger partial charge in [-0.25, -0.2) is 0 Å². The molecule has 0 spiro atoms. The standard InChI is InChI=1S/C18H17ClO2/c1-14-12-15(6-4-5-11-20)9-10-18(14)21-13-16-7-2-3-8-17(16)19/h2-3,7-10,12,20H,5,11,13H2,1H3. The van der Waals surface area contributed by atoms with E-state index >= 15 is 0 Å². The Labute approximate surface area is 130 Å². The van der Waals surface area contributed by atoms with Crippen molar-refractivity contribution < 1.29 is 9.84 Å². The summed E-state index contributed by atoms with van der Waals surface area (Å²) in [6.45, 7) is 2.51. The molecule has 0 saturated heterocycles. The molecule has 2 aromatic rings. The van der Waals surface area contributed by atoms with E-state index in [0.29, 0.717) is 18.1 Å². The Kier molecular flexibility index (Phi) is 5.68. The lowest BCUT2D eigenvalue weighted by Gasteiger charge is -2.10. The van der Waals surface area contributed by atoms with Gasteiger partial charge in [0.15, 0.2) is 0 Å². The lowest BCUT2D eigenvalue weighted by atomic mass is 10.1. The summed E-state index contributed by atoms with van der Waals surface area (Å²) in [5, 5.41) is 9.42. The van der Waals surface area contributed by atoms with Crippen LogP contribution in [0.1, 0.15) is 23.1 Å². The molecule has 0 amide bonds. The van der Waals surface area contributed by atoms with Gasteiger partial charge in [0.05, 0.1) is 6.61 Å². The summed E-state index contributed by atoms with van der Waals surface area (Å²) < 4.78 is 5.81. The third kappa shape index (κ3) is 4.53. The zero-order valence-corrected chi connectivity index (χ0v) is 12.7. The van der Waals surface area contributed by atoms with Gasteiger partial charge in [-0.3, -0.25) is 0 Å². The molecule has 108 valence electrons. The average Bonchev–Trinajstić information content (AvgIpc) is 2.48. The summed E-state index contributed by atoms with van der Waals surface area (Å²) in [4.78, 5) is 0. The molecule has 2 rings (SSSR count). The van der Waals surface area contributed by atoms with E-state index in [1.807, 2.05) is 49.4 Å². The monoisotopic (exact) mass is 300 g/mol. The van der Waals surface area contributed by atoms with Gasteiger partial charge in [0.1, 0.15) is 12.4 Å². The number of ether oxygens (including phenoxy) is 1. The SMILES string of the molecule is Cc1cc(C#CCCO)ccc1OCc1ccccc1Cl. The van der Waals surface area contributed by atoms with Crippen LogP contribution >= 0.6 is 11.6 Å². The molecule has 0 saturated carbocycles. The minimum Gasteiger partial charge on any atom is -0.489 e. The van der Waals surface area contributed by atoms with Gasteiger partial charge in [-0.1, -0.05) is 41.6 Å². The fourth-order valence-corrected chi connectivity index (χ4v) is 2.07. The Balaban J connectivity index is 2.05. The molecule has 0 unspecified atom stereocenters. The van der Waals surface area contributed by atoms with E-state index < -0.39 is 0 Å². The van der Waals surface area contributed by atoms with Crippen LogP contribution in [0.25, 0.3) is 0 Å². The molecule has 2 aromatic carbocycles. The van der Waals surface area contributed by atoms with Crippen LogP contribution in [0.4, 0.5) is 0 Å². The Morgan fingerprint density at radius 3 is 2.71 bits per heavy atom. The molecule has 0 radical (unpaired) electrons. The molecular weight excluding hydrogens is 284 g/mol. The first-order chi connectivity index (χ1) is 10.2. The minimum atomic E-state index is 0.0883. The summed E-state index contributed by atoms with van der Waals surface area (Å²) in [6.07, 6.45) is 0.490. The number of benzene rings is 2. The highest BCUT2D eigenvalue weighted by molar-refractivity contribution is 6.31. The summed E-state index contributed by atoms with van der Waals surface area (Å²) in [7, 11) is 0. The predicted octanol–water partition coefficient (Wildman–Crippen LogP) is 3.96. The second-order valence-electron chi connectivity index (χ2n) is 4.64. The summed E-state index contributed by atoms with van der Waals surface area (Å²) in [6, 6.07) is 13.5. The van der Waals surface area contributed by atoms with Gasteiger partial charge in [-0.15, -0.1) is 0 Å². The Bertz CT molecular complexity index is 668. The molecular formula is C18H17ClO2. The molecule has 21 heavy (non-hydrogen) atoms. The fraction of sp³-hybridized carbons (Fsp3) is 0.222. The van der Waals surface area contributed by atoms with Crippen LogP contribution < -0.4 is 4.74 Å². The Morgan fingerprint density at radius 1 is 1.19 bits per heavy atom. The van der Waals surface area contributed by atoms with Crippen molar-refractivity contribution in [2.45, 2.75) is 20.0 Å². The normalized spacial score (nSPS) is 9.86. The molecule has 2 nitrogen and oxygen atoms in total. The van der Waals surface area contributed by atoms with Crippen molar-refractivity contribution in [1.82, 2.24) is 0 Å². The van der Waals surface area contributed by atoms with Gasteiger partial charge in [0.2, 0.25) is 0 Å². The third-order valence-corrected chi connectivity index (χ3v) is 3.35. The topological polar surface area (TPSA) is 29.5 Å². The van der Waals surface area contributed by atoms with Crippen molar-refractivity contribution in [1.29, 1.82) is 0 Å². The van der Waals surface area contributed by atoms with Crippen LogP contribution in [0, 0.1) is 18.8 Å². The number of hydrogen-bond acceptors (Lipinski definition) is 2. The largest absolute Gasteiger partial charge is 0.489 e. The van der Waals surface area contributed by atoms with E-state index in [4.69, 9.17) is 21.4 Å². The lowest BCUT2D eigenvalue weighted by molar-refractivity contribution is 0.304. The van der Waals surface area contributed by atoms with Crippen molar-refractivity contribution in [2.24, 2.45) is 0 Å². The van der Waals surface area contributed by atoms with E-state index in [2.05, 4.69) is 11.8 Å². The predicted molar refractivity (Wildman–Crippen MR) is 85.5 cm³/mol. The smallest absolute Gasteiger partial charge is 0.122 e. The first-order valence-electron chi connectivity index (χ1n) is 6.77. The second kappa shape index (κ2) is 7.73. The third-order valence-electron chi connectivity index (χ3n) is 2.99. The Hall–Kier alpha value is -1.95. The zero-order chi connectivity index (χ0) is 15.1.